The lowest BCUT2D eigenvalue weighted by molar-refractivity contribution is -0.118. The highest BCUT2D eigenvalue weighted by atomic mass is 35.5. The van der Waals surface area contributed by atoms with Gasteiger partial charge in [0.1, 0.15) is 0 Å². The van der Waals surface area contributed by atoms with Crippen molar-refractivity contribution in [3.8, 4) is 0 Å². The Morgan fingerprint density at radius 2 is 1.58 bits per heavy atom. The Morgan fingerprint density at radius 1 is 1.17 bits per heavy atom. The third kappa shape index (κ3) is 2.22. The molecule has 0 amide bonds. The van der Waals surface area contributed by atoms with Gasteiger partial charge in [0.05, 0.1) is 0 Å². The molecule has 1 saturated carbocycles. The van der Waals surface area contributed by atoms with Crippen molar-refractivity contribution in [3.63, 3.8) is 0 Å². The molecule has 0 saturated heterocycles. The van der Waals surface area contributed by atoms with Crippen molar-refractivity contribution in [2.24, 2.45) is 17.8 Å². The van der Waals surface area contributed by atoms with Crippen LogP contribution in [0.15, 0.2) is 0 Å². The predicted octanol–water partition coefficient (Wildman–Crippen LogP) is 3.21. The topological polar surface area (TPSA) is 17.1 Å². The first kappa shape index (κ1) is 10.0. The molecule has 1 nitrogen and oxygen atoms in total. The lowest BCUT2D eigenvalue weighted by Gasteiger charge is -2.22. The van der Waals surface area contributed by atoms with E-state index in [-0.39, 0.29) is 11.2 Å². The first-order valence-corrected chi connectivity index (χ1v) is 5.20. The molecular weight excluding hydrogens is 172 g/mol. The Hall–Kier alpha value is -0.0400. The molecule has 2 unspecified atom stereocenters. The van der Waals surface area contributed by atoms with Gasteiger partial charge in [0.15, 0.2) is 0 Å². The van der Waals surface area contributed by atoms with Crippen LogP contribution in [0, 0.1) is 17.8 Å². The van der Waals surface area contributed by atoms with Gasteiger partial charge in [-0.05, 0) is 36.3 Å². The molecule has 0 N–H and O–H groups in total. The van der Waals surface area contributed by atoms with E-state index in [1.165, 1.54) is 12.8 Å². The van der Waals surface area contributed by atoms with E-state index < -0.39 is 0 Å². The van der Waals surface area contributed by atoms with E-state index in [0.717, 1.165) is 12.8 Å². The number of halogens is 1. The lowest BCUT2D eigenvalue weighted by atomic mass is 9.83. The zero-order chi connectivity index (χ0) is 9.14. The molecule has 3 atom stereocenters. The van der Waals surface area contributed by atoms with E-state index in [1.807, 2.05) is 0 Å². The van der Waals surface area contributed by atoms with Crippen molar-refractivity contribution >= 4 is 16.8 Å². The molecule has 0 aromatic rings. The molecule has 0 spiro atoms. The van der Waals surface area contributed by atoms with Gasteiger partial charge in [-0.25, -0.2) is 0 Å². The maximum absolute atomic E-state index is 11.1. The fourth-order valence-electron chi connectivity index (χ4n) is 2.30. The van der Waals surface area contributed by atoms with Crippen molar-refractivity contribution in [3.05, 3.63) is 0 Å². The number of carbonyl (C=O) groups is 1. The Morgan fingerprint density at radius 3 is 1.92 bits per heavy atom. The maximum Gasteiger partial charge on any atom is 0.225 e. The van der Waals surface area contributed by atoms with Crippen LogP contribution in [0.5, 0.6) is 0 Å². The summed E-state index contributed by atoms with van der Waals surface area (Å²) in [5.41, 5.74) is 0. The van der Waals surface area contributed by atoms with Gasteiger partial charge in [-0.1, -0.05) is 26.7 Å². The summed E-state index contributed by atoms with van der Waals surface area (Å²) in [6, 6.07) is 0. The second-order valence-corrected chi connectivity index (χ2v) is 4.44. The van der Waals surface area contributed by atoms with Gasteiger partial charge in [0.25, 0.3) is 0 Å². The van der Waals surface area contributed by atoms with Crippen LogP contribution in [0.4, 0.5) is 0 Å². The number of carbonyl (C=O) groups excluding carboxylic acids is 1. The van der Waals surface area contributed by atoms with Gasteiger partial charge in [0, 0.05) is 5.92 Å². The van der Waals surface area contributed by atoms with Crippen LogP contribution in [0.1, 0.15) is 39.5 Å². The van der Waals surface area contributed by atoms with Crippen molar-refractivity contribution in [1.82, 2.24) is 0 Å². The summed E-state index contributed by atoms with van der Waals surface area (Å²) < 4.78 is 0. The van der Waals surface area contributed by atoms with Crippen LogP contribution >= 0.6 is 11.6 Å². The van der Waals surface area contributed by atoms with E-state index in [4.69, 9.17) is 11.6 Å². The van der Waals surface area contributed by atoms with Gasteiger partial charge in [0.2, 0.25) is 5.24 Å². The molecule has 70 valence electrons. The van der Waals surface area contributed by atoms with Gasteiger partial charge in [-0.15, -0.1) is 0 Å². The first-order valence-electron chi connectivity index (χ1n) is 4.82. The Labute approximate surface area is 79.5 Å². The zero-order valence-corrected chi connectivity index (χ0v) is 8.60. The average molecular weight is 189 g/mol. The maximum atomic E-state index is 11.1. The second kappa shape index (κ2) is 4.27. The average Bonchev–Trinajstić information content (AvgIpc) is 2.11. The van der Waals surface area contributed by atoms with Gasteiger partial charge >= 0.3 is 0 Å². The fourth-order valence-corrected chi connectivity index (χ4v) is 2.73. The van der Waals surface area contributed by atoms with Crippen molar-refractivity contribution in [2.75, 3.05) is 0 Å². The van der Waals surface area contributed by atoms with E-state index in [9.17, 15) is 4.79 Å². The highest BCUT2D eigenvalue weighted by Crippen LogP contribution is 2.34. The summed E-state index contributed by atoms with van der Waals surface area (Å²) >= 11 is 5.58. The third-order valence-electron chi connectivity index (χ3n) is 3.06. The van der Waals surface area contributed by atoms with Gasteiger partial charge in [-0.3, -0.25) is 4.79 Å². The third-order valence-corrected chi connectivity index (χ3v) is 3.31. The molecule has 12 heavy (non-hydrogen) atoms. The summed E-state index contributed by atoms with van der Waals surface area (Å²) in [6.07, 6.45) is 4.83. The summed E-state index contributed by atoms with van der Waals surface area (Å²) in [7, 11) is 0. The second-order valence-electron chi connectivity index (χ2n) is 4.07. The molecule has 1 rings (SSSR count). The predicted molar refractivity (Wildman–Crippen MR) is 51.1 cm³/mol. The quantitative estimate of drug-likeness (QED) is 0.456. The fraction of sp³-hybridized carbons (Fsp3) is 0.900. The highest BCUT2D eigenvalue weighted by molar-refractivity contribution is 6.64. The molecule has 1 aliphatic rings. The smallest absolute Gasteiger partial charge is 0.225 e. The Bertz CT molecular complexity index is 155. The van der Waals surface area contributed by atoms with Crippen LogP contribution < -0.4 is 0 Å². The minimum atomic E-state index is -0.128. The highest BCUT2D eigenvalue weighted by Gasteiger charge is 2.30. The van der Waals surface area contributed by atoms with E-state index in [1.54, 1.807) is 0 Å². The molecule has 0 aliphatic heterocycles. The molecule has 2 heteroatoms. The van der Waals surface area contributed by atoms with Gasteiger partial charge < -0.3 is 0 Å². The van der Waals surface area contributed by atoms with Crippen molar-refractivity contribution < 1.29 is 4.79 Å². The van der Waals surface area contributed by atoms with E-state index in [2.05, 4.69) is 13.8 Å². The molecular formula is C10H17ClO. The normalized spacial score (nSPS) is 37.4. The van der Waals surface area contributed by atoms with Crippen LogP contribution in [-0.4, -0.2) is 5.24 Å². The SMILES string of the molecule is CC1CCCC[C@@H](C)C1C(=O)Cl. The van der Waals surface area contributed by atoms with Crippen LogP contribution in [0.3, 0.4) is 0 Å². The minimum Gasteiger partial charge on any atom is -0.281 e. The van der Waals surface area contributed by atoms with Crippen LogP contribution in [0.25, 0.3) is 0 Å². The van der Waals surface area contributed by atoms with Crippen LogP contribution in [0.2, 0.25) is 0 Å². The number of hydrogen-bond donors (Lipinski definition) is 0. The molecule has 0 radical (unpaired) electrons. The number of hydrogen-bond acceptors (Lipinski definition) is 1. The molecule has 1 fully saturated rings. The Kier molecular flexibility index (Phi) is 3.57. The Balaban J connectivity index is 2.68. The van der Waals surface area contributed by atoms with Crippen molar-refractivity contribution in [2.45, 2.75) is 39.5 Å². The first-order chi connectivity index (χ1) is 5.63. The van der Waals surface area contributed by atoms with Crippen molar-refractivity contribution in [1.29, 1.82) is 0 Å². The summed E-state index contributed by atoms with van der Waals surface area (Å²) in [4.78, 5) is 11.1. The van der Waals surface area contributed by atoms with E-state index >= 15 is 0 Å². The minimum absolute atomic E-state index is 0.106. The van der Waals surface area contributed by atoms with Crippen LogP contribution in [-0.2, 0) is 4.79 Å². The molecule has 0 aromatic carbocycles. The lowest BCUT2D eigenvalue weighted by Crippen LogP contribution is -2.23. The molecule has 1 aliphatic carbocycles. The zero-order valence-electron chi connectivity index (χ0n) is 7.85. The molecule has 0 bridgehead atoms. The van der Waals surface area contributed by atoms with E-state index in [0.29, 0.717) is 11.8 Å². The summed E-state index contributed by atoms with van der Waals surface area (Å²) in [5.74, 6) is 1.06. The summed E-state index contributed by atoms with van der Waals surface area (Å²) in [6.45, 7) is 4.29. The monoisotopic (exact) mass is 188 g/mol. The summed E-state index contributed by atoms with van der Waals surface area (Å²) in [5, 5.41) is -0.128. The van der Waals surface area contributed by atoms with Gasteiger partial charge in [-0.2, -0.15) is 0 Å². The molecule has 0 heterocycles. The largest absolute Gasteiger partial charge is 0.281 e. The molecule has 0 aromatic heterocycles. The number of rotatable bonds is 1. The standard InChI is InChI=1S/C10H17ClO/c1-7-5-3-4-6-8(2)9(7)10(11)12/h7-9H,3-6H2,1-2H3/t7-,8?,9?/m1/s1.